The van der Waals surface area contributed by atoms with Crippen LogP contribution < -0.4 is 10.2 Å². The summed E-state index contributed by atoms with van der Waals surface area (Å²) in [6.07, 6.45) is 0. The summed E-state index contributed by atoms with van der Waals surface area (Å²) < 4.78 is 1.04. The molecule has 4 nitrogen and oxygen atoms in total. The summed E-state index contributed by atoms with van der Waals surface area (Å²) in [5.74, 6) is 0.204. The second-order valence-electron chi connectivity index (χ2n) is 4.81. The van der Waals surface area contributed by atoms with E-state index in [0.29, 0.717) is 12.6 Å². The van der Waals surface area contributed by atoms with Gasteiger partial charge >= 0.3 is 0 Å². The smallest absolute Gasteiger partial charge is 0.241 e. The van der Waals surface area contributed by atoms with Gasteiger partial charge in [-0.05, 0) is 24.3 Å². The first-order chi connectivity index (χ1) is 8.74. The van der Waals surface area contributed by atoms with Crippen LogP contribution in [0.25, 0.3) is 0 Å². The molecule has 1 aromatic rings. The predicted octanol–water partition coefficient (Wildman–Crippen LogP) is 1.07. The van der Waals surface area contributed by atoms with Gasteiger partial charge in [0.1, 0.15) is 0 Å². The van der Waals surface area contributed by atoms with Gasteiger partial charge in [0, 0.05) is 42.4 Å². The minimum Gasteiger partial charge on any atom is -0.314 e. The lowest BCUT2D eigenvalue weighted by Gasteiger charge is -2.43. The van der Waals surface area contributed by atoms with Crippen molar-refractivity contribution >= 4 is 27.5 Å². The maximum absolute atomic E-state index is 12.2. The molecule has 2 saturated heterocycles. The number of anilines is 1. The van der Waals surface area contributed by atoms with E-state index in [1.165, 1.54) is 0 Å². The summed E-state index contributed by atoms with van der Waals surface area (Å²) in [7, 11) is 0. The average Bonchev–Trinajstić information content (AvgIpc) is 2.39. The van der Waals surface area contributed by atoms with Crippen molar-refractivity contribution in [3.8, 4) is 0 Å². The molecule has 1 atom stereocenters. The van der Waals surface area contributed by atoms with Crippen LogP contribution in [0.4, 0.5) is 5.69 Å². The molecule has 0 aromatic heterocycles. The quantitative estimate of drug-likeness (QED) is 0.843. The third kappa shape index (κ3) is 2.30. The number of piperazine rings is 2. The maximum Gasteiger partial charge on any atom is 0.241 e. The first kappa shape index (κ1) is 12.1. The Labute approximate surface area is 115 Å². The van der Waals surface area contributed by atoms with Crippen molar-refractivity contribution in [2.75, 3.05) is 37.6 Å². The van der Waals surface area contributed by atoms with Crippen molar-refractivity contribution in [3.63, 3.8) is 0 Å². The van der Waals surface area contributed by atoms with Gasteiger partial charge in [-0.15, -0.1) is 0 Å². The topological polar surface area (TPSA) is 35.6 Å². The fourth-order valence-electron chi connectivity index (χ4n) is 2.63. The lowest BCUT2D eigenvalue weighted by molar-refractivity contribution is -0.122. The highest BCUT2D eigenvalue weighted by Gasteiger charge is 2.33. The summed E-state index contributed by atoms with van der Waals surface area (Å²) in [5.41, 5.74) is 0.994. The van der Waals surface area contributed by atoms with Gasteiger partial charge < -0.3 is 10.2 Å². The van der Waals surface area contributed by atoms with E-state index in [-0.39, 0.29) is 5.91 Å². The number of hydrogen-bond acceptors (Lipinski definition) is 3. The standard InChI is InChI=1S/C13H16BrN3O/c14-10-1-3-11(4-2-10)17-8-12-7-15-5-6-16(12)9-13(17)18/h1-4,12,15H,5-9H2. The van der Waals surface area contributed by atoms with Crippen molar-refractivity contribution in [1.29, 1.82) is 0 Å². The second-order valence-corrected chi connectivity index (χ2v) is 5.72. The Hall–Kier alpha value is -0.910. The van der Waals surface area contributed by atoms with Crippen molar-refractivity contribution in [2.24, 2.45) is 0 Å². The van der Waals surface area contributed by atoms with Crippen molar-refractivity contribution in [3.05, 3.63) is 28.7 Å². The van der Waals surface area contributed by atoms with Gasteiger partial charge in [-0.2, -0.15) is 0 Å². The summed E-state index contributed by atoms with van der Waals surface area (Å²) in [6.45, 7) is 4.27. The zero-order chi connectivity index (χ0) is 12.5. The zero-order valence-electron chi connectivity index (χ0n) is 10.1. The van der Waals surface area contributed by atoms with Gasteiger partial charge in [-0.1, -0.05) is 15.9 Å². The normalized spacial score (nSPS) is 25.1. The van der Waals surface area contributed by atoms with Crippen molar-refractivity contribution in [1.82, 2.24) is 10.2 Å². The Bertz CT molecular complexity index is 448. The number of fused-ring (bicyclic) bond motifs is 1. The van der Waals surface area contributed by atoms with Crippen LogP contribution in [0, 0.1) is 0 Å². The maximum atomic E-state index is 12.2. The lowest BCUT2D eigenvalue weighted by atomic mass is 10.1. The van der Waals surface area contributed by atoms with E-state index in [0.717, 1.165) is 36.3 Å². The fourth-order valence-corrected chi connectivity index (χ4v) is 2.90. The number of nitrogens with zero attached hydrogens (tertiary/aromatic N) is 2. The molecule has 3 rings (SSSR count). The first-order valence-corrected chi connectivity index (χ1v) is 7.04. The fraction of sp³-hybridized carbons (Fsp3) is 0.462. The minimum atomic E-state index is 0.204. The van der Waals surface area contributed by atoms with Gasteiger partial charge in [0.25, 0.3) is 0 Å². The molecule has 1 unspecified atom stereocenters. The average molecular weight is 310 g/mol. The van der Waals surface area contributed by atoms with Gasteiger partial charge in [-0.25, -0.2) is 0 Å². The molecule has 18 heavy (non-hydrogen) atoms. The molecule has 1 aromatic carbocycles. The summed E-state index contributed by atoms with van der Waals surface area (Å²) in [4.78, 5) is 16.4. The number of carbonyl (C=O) groups excluding carboxylic acids is 1. The second kappa shape index (κ2) is 4.99. The molecule has 2 aliphatic heterocycles. The Balaban J connectivity index is 1.80. The minimum absolute atomic E-state index is 0.204. The van der Waals surface area contributed by atoms with E-state index >= 15 is 0 Å². The molecule has 0 bridgehead atoms. The van der Waals surface area contributed by atoms with E-state index in [1.807, 2.05) is 29.2 Å². The van der Waals surface area contributed by atoms with E-state index in [4.69, 9.17) is 0 Å². The summed E-state index contributed by atoms with van der Waals surface area (Å²) >= 11 is 3.42. The third-order valence-electron chi connectivity index (χ3n) is 3.64. The number of halogens is 1. The van der Waals surface area contributed by atoms with Crippen LogP contribution in [0.3, 0.4) is 0 Å². The monoisotopic (exact) mass is 309 g/mol. The highest BCUT2D eigenvalue weighted by molar-refractivity contribution is 9.10. The number of amides is 1. The molecular weight excluding hydrogens is 294 g/mol. The Morgan fingerprint density at radius 1 is 1.28 bits per heavy atom. The van der Waals surface area contributed by atoms with Crippen LogP contribution in [-0.2, 0) is 4.79 Å². The highest BCUT2D eigenvalue weighted by atomic mass is 79.9. The number of benzene rings is 1. The van der Waals surface area contributed by atoms with Crippen LogP contribution in [0.5, 0.6) is 0 Å². The van der Waals surface area contributed by atoms with E-state index in [1.54, 1.807) is 0 Å². The molecule has 5 heteroatoms. The molecule has 1 amide bonds. The van der Waals surface area contributed by atoms with Crippen LogP contribution in [0.15, 0.2) is 28.7 Å². The van der Waals surface area contributed by atoms with E-state index in [2.05, 4.69) is 26.1 Å². The zero-order valence-corrected chi connectivity index (χ0v) is 11.7. The van der Waals surface area contributed by atoms with Gasteiger partial charge in [0.2, 0.25) is 5.91 Å². The number of nitrogens with one attached hydrogen (secondary N) is 1. The molecule has 0 saturated carbocycles. The number of rotatable bonds is 1. The largest absolute Gasteiger partial charge is 0.314 e. The van der Waals surface area contributed by atoms with E-state index in [9.17, 15) is 4.79 Å². The Morgan fingerprint density at radius 2 is 2.06 bits per heavy atom. The van der Waals surface area contributed by atoms with E-state index < -0.39 is 0 Å². The first-order valence-electron chi connectivity index (χ1n) is 6.25. The van der Waals surface area contributed by atoms with Crippen LogP contribution >= 0.6 is 15.9 Å². The van der Waals surface area contributed by atoms with Crippen LogP contribution in [-0.4, -0.2) is 49.6 Å². The Morgan fingerprint density at radius 3 is 2.83 bits per heavy atom. The molecular formula is C13H16BrN3O. The van der Waals surface area contributed by atoms with Crippen molar-refractivity contribution in [2.45, 2.75) is 6.04 Å². The van der Waals surface area contributed by atoms with Crippen LogP contribution in [0.2, 0.25) is 0 Å². The molecule has 2 aliphatic rings. The molecule has 96 valence electrons. The molecule has 2 heterocycles. The van der Waals surface area contributed by atoms with Crippen LogP contribution in [0.1, 0.15) is 0 Å². The Kier molecular flexibility index (Phi) is 3.37. The molecule has 2 fully saturated rings. The molecule has 0 radical (unpaired) electrons. The predicted molar refractivity (Wildman–Crippen MR) is 74.7 cm³/mol. The van der Waals surface area contributed by atoms with Gasteiger partial charge in [-0.3, -0.25) is 9.69 Å². The SMILES string of the molecule is O=C1CN2CCNCC2CN1c1ccc(Br)cc1. The lowest BCUT2D eigenvalue weighted by Crippen LogP contribution is -2.63. The van der Waals surface area contributed by atoms with Gasteiger partial charge in [0.05, 0.1) is 6.54 Å². The highest BCUT2D eigenvalue weighted by Crippen LogP contribution is 2.22. The van der Waals surface area contributed by atoms with Crippen molar-refractivity contribution < 1.29 is 4.79 Å². The molecule has 0 aliphatic carbocycles. The third-order valence-corrected chi connectivity index (χ3v) is 4.17. The number of hydrogen-bond donors (Lipinski definition) is 1. The van der Waals surface area contributed by atoms with Gasteiger partial charge in [0.15, 0.2) is 0 Å². The number of carbonyl (C=O) groups is 1. The summed E-state index contributed by atoms with van der Waals surface area (Å²) in [6, 6.07) is 8.39. The molecule has 0 spiro atoms. The molecule has 1 N–H and O–H groups in total. The summed E-state index contributed by atoms with van der Waals surface area (Å²) in [5, 5.41) is 3.39.